The van der Waals surface area contributed by atoms with Gasteiger partial charge in [0.05, 0.1) is 12.2 Å². The van der Waals surface area contributed by atoms with E-state index in [4.69, 9.17) is 9.84 Å². The molecular formula is C19H24N2O3. The van der Waals surface area contributed by atoms with Gasteiger partial charge in [-0.2, -0.15) is 0 Å². The fourth-order valence-electron chi connectivity index (χ4n) is 2.29. The summed E-state index contributed by atoms with van der Waals surface area (Å²) in [5.41, 5.74) is 2.32. The van der Waals surface area contributed by atoms with Crippen LogP contribution in [0.3, 0.4) is 0 Å². The molecule has 0 radical (unpaired) electrons. The Labute approximate surface area is 142 Å². The topological polar surface area (TPSA) is 72.3 Å². The van der Waals surface area contributed by atoms with Gasteiger partial charge in [0, 0.05) is 18.8 Å². The van der Waals surface area contributed by atoms with E-state index >= 15 is 0 Å². The second-order valence-corrected chi connectivity index (χ2v) is 6.60. The molecule has 0 amide bonds. The Hall–Kier alpha value is -2.43. The van der Waals surface area contributed by atoms with E-state index in [1.54, 1.807) is 0 Å². The number of aromatic carboxylic acids is 1. The molecule has 0 atom stereocenters. The first-order valence-electron chi connectivity index (χ1n) is 8.16. The minimum absolute atomic E-state index is 0.0925. The predicted molar refractivity (Wildman–Crippen MR) is 92.7 cm³/mol. The first-order valence-corrected chi connectivity index (χ1v) is 8.16. The van der Waals surface area contributed by atoms with Gasteiger partial charge in [-0.05, 0) is 29.0 Å². The smallest absolute Gasteiger partial charge is 0.338 e. The van der Waals surface area contributed by atoms with E-state index in [1.807, 2.05) is 12.1 Å². The van der Waals surface area contributed by atoms with Crippen LogP contribution in [0.15, 0.2) is 30.6 Å². The van der Waals surface area contributed by atoms with Crippen molar-refractivity contribution in [2.24, 2.45) is 5.92 Å². The number of carbonyl (C=O) groups is 1. The molecule has 0 aliphatic rings. The van der Waals surface area contributed by atoms with E-state index in [0.29, 0.717) is 30.7 Å². The van der Waals surface area contributed by atoms with Gasteiger partial charge in [-0.3, -0.25) is 0 Å². The Bertz CT molecular complexity index is 694. The second-order valence-electron chi connectivity index (χ2n) is 6.60. The summed E-state index contributed by atoms with van der Waals surface area (Å²) in [5.74, 6) is 1.31. The maximum Gasteiger partial charge on any atom is 0.338 e. The van der Waals surface area contributed by atoms with E-state index in [2.05, 4.69) is 43.7 Å². The van der Waals surface area contributed by atoms with Crippen LogP contribution < -0.4 is 4.74 Å². The molecule has 0 unspecified atom stereocenters. The summed E-state index contributed by atoms with van der Waals surface area (Å²) in [7, 11) is 0. The molecule has 1 N–H and O–H groups in total. The number of hydrogen-bond acceptors (Lipinski definition) is 4. The minimum Gasteiger partial charge on any atom is -0.493 e. The van der Waals surface area contributed by atoms with Crippen LogP contribution >= 0.6 is 0 Å². The summed E-state index contributed by atoms with van der Waals surface area (Å²) in [6, 6.07) is 6.17. The van der Waals surface area contributed by atoms with Gasteiger partial charge in [0.1, 0.15) is 11.6 Å². The molecule has 0 saturated carbocycles. The average molecular weight is 328 g/mol. The van der Waals surface area contributed by atoms with Gasteiger partial charge in [0.15, 0.2) is 0 Å². The normalized spacial score (nSPS) is 11.1. The summed E-state index contributed by atoms with van der Waals surface area (Å²) in [6.45, 7) is 9.20. The third-order valence-electron chi connectivity index (χ3n) is 3.59. The SMILES string of the molecule is CC(C)COc1cc(Cc2ncc(C(=O)O)cn2)ccc1C(C)C. The summed E-state index contributed by atoms with van der Waals surface area (Å²) in [5, 5.41) is 8.89. The number of ether oxygens (including phenoxy) is 1. The van der Waals surface area contributed by atoms with Gasteiger partial charge in [0.25, 0.3) is 0 Å². The highest BCUT2D eigenvalue weighted by Gasteiger charge is 2.11. The van der Waals surface area contributed by atoms with Crippen LogP contribution in [0.2, 0.25) is 0 Å². The third-order valence-corrected chi connectivity index (χ3v) is 3.59. The number of benzene rings is 1. The number of nitrogens with zero attached hydrogens (tertiary/aromatic N) is 2. The van der Waals surface area contributed by atoms with Crippen molar-refractivity contribution in [2.75, 3.05) is 6.61 Å². The number of carboxylic acid groups (broad SMARTS) is 1. The molecule has 0 saturated heterocycles. The van der Waals surface area contributed by atoms with Crippen LogP contribution in [-0.4, -0.2) is 27.7 Å². The van der Waals surface area contributed by atoms with Crippen LogP contribution in [0.5, 0.6) is 5.75 Å². The van der Waals surface area contributed by atoms with Crippen molar-refractivity contribution in [3.05, 3.63) is 53.1 Å². The molecule has 5 nitrogen and oxygen atoms in total. The zero-order valence-electron chi connectivity index (χ0n) is 14.6. The Balaban J connectivity index is 2.20. The third kappa shape index (κ3) is 4.78. The van der Waals surface area contributed by atoms with Crippen LogP contribution in [0.25, 0.3) is 0 Å². The summed E-state index contributed by atoms with van der Waals surface area (Å²) in [6.07, 6.45) is 3.21. The Morgan fingerprint density at radius 1 is 1.17 bits per heavy atom. The molecule has 0 fully saturated rings. The average Bonchev–Trinajstić information content (AvgIpc) is 2.53. The monoisotopic (exact) mass is 328 g/mol. The van der Waals surface area contributed by atoms with E-state index in [-0.39, 0.29) is 5.56 Å². The molecule has 0 spiro atoms. The van der Waals surface area contributed by atoms with E-state index in [1.165, 1.54) is 18.0 Å². The molecule has 0 aliphatic carbocycles. The highest BCUT2D eigenvalue weighted by molar-refractivity contribution is 5.86. The lowest BCUT2D eigenvalue weighted by Gasteiger charge is -2.16. The van der Waals surface area contributed by atoms with E-state index in [9.17, 15) is 4.79 Å². The zero-order chi connectivity index (χ0) is 17.7. The number of aromatic nitrogens is 2. The maximum atomic E-state index is 10.8. The Kier molecular flexibility index (Phi) is 5.90. The zero-order valence-corrected chi connectivity index (χ0v) is 14.6. The fourth-order valence-corrected chi connectivity index (χ4v) is 2.29. The molecule has 0 aliphatic heterocycles. The summed E-state index contributed by atoms with van der Waals surface area (Å²) in [4.78, 5) is 19.1. The Morgan fingerprint density at radius 2 is 1.83 bits per heavy atom. The van der Waals surface area contributed by atoms with Gasteiger partial charge >= 0.3 is 5.97 Å². The molecule has 2 aromatic rings. The first kappa shape index (κ1) is 17.9. The van der Waals surface area contributed by atoms with Crippen molar-refractivity contribution in [2.45, 2.75) is 40.0 Å². The standard InChI is InChI=1S/C19H24N2O3/c1-12(2)11-24-17-7-14(5-6-16(17)13(3)4)8-18-20-9-15(10-21-18)19(22)23/h5-7,9-10,12-13H,8,11H2,1-4H3,(H,22,23). The lowest BCUT2D eigenvalue weighted by atomic mass is 9.99. The molecular weight excluding hydrogens is 304 g/mol. The van der Waals surface area contributed by atoms with Gasteiger partial charge in [-0.25, -0.2) is 14.8 Å². The van der Waals surface area contributed by atoms with Crippen LogP contribution in [0.4, 0.5) is 0 Å². The molecule has 1 heterocycles. The van der Waals surface area contributed by atoms with E-state index in [0.717, 1.165) is 11.3 Å². The van der Waals surface area contributed by atoms with Crippen molar-refractivity contribution in [3.63, 3.8) is 0 Å². The number of hydrogen-bond donors (Lipinski definition) is 1. The molecule has 1 aromatic heterocycles. The molecule has 0 bridgehead atoms. The maximum absolute atomic E-state index is 10.8. The van der Waals surface area contributed by atoms with Crippen LogP contribution in [0, 0.1) is 5.92 Å². The van der Waals surface area contributed by atoms with E-state index < -0.39 is 5.97 Å². The molecule has 5 heteroatoms. The fraction of sp³-hybridized carbons (Fsp3) is 0.421. The molecule has 2 rings (SSSR count). The molecule has 1 aromatic carbocycles. The van der Waals surface area contributed by atoms with Crippen molar-refractivity contribution in [1.29, 1.82) is 0 Å². The minimum atomic E-state index is -1.02. The highest BCUT2D eigenvalue weighted by atomic mass is 16.5. The largest absolute Gasteiger partial charge is 0.493 e. The molecule has 128 valence electrons. The molecule has 24 heavy (non-hydrogen) atoms. The first-order chi connectivity index (χ1) is 11.4. The number of rotatable bonds is 7. The van der Waals surface area contributed by atoms with Crippen LogP contribution in [-0.2, 0) is 6.42 Å². The van der Waals surface area contributed by atoms with Gasteiger partial charge < -0.3 is 9.84 Å². The lowest BCUT2D eigenvalue weighted by molar-refractivity contribution is 0.0696. The number of carboxylic acids is 1. The van der Waals surface area contributed by atoms with Crippen LogP contribution in [0.1, 0.15) is 60.9 Å². The van der Waals surface area contributed by atoms with Gasteiger partial charge in [0.2, 0.25) is 0 Å². The van der Waals surface area contributed by atoms with Crippen molar-refractivity contribution < 1.29 is 14.6 Å². The van der Waals surface area contributed by atoms with Crippen molar-refractivity contribution in [1.82, 2.24) is 9.97 Å². The Morgan fingerprint density at radius 3 is 2.38 bits per heavy atom. The summed E-state index contributed by atoms with van der Waals surface area (Å²) < 4.78 is 5.97. The van der Waals surface area contributed by atoms with Crippen molar-refractivity contribution in [3.8, 4) is 5.75 Å². The lowest BCUT2D eigenvalue weighted by Crippen LogP contribution is -2.08. The van der Waals surface area contributed by atoms with Gasteiger partial charge in [-0.1, -0.05) is 39.8 Å². The second kappa shape index (κ2) is 7.90. The summed E-state index contributed by atoms with van der Waals surface area (Å²) >= 11 is 0. The predicted octanol–water partition coefficient (Wildman–Crippen LogP) is 3.92. The van der Waals surface area contributed by atoms with Gasteiger partial charge in [-0.15, -0.1) is 0 Å². The quantitative estimate of drug-likeness (QED) is 0.834. The van der Waals surface area contributed by atoms with Crippen molar-refractivity contribution >= 4 is 5.97 Å². The highest BCUT2D eigenvalue weighted by Crippen LogP contribution is 2.28.